The zero-order chi connectivity index (χ0) is 33.1. The Balaban J connectivity index is 1.45. The second-order valence-electron chi connectivity index (χ2n) is 11.1. The Labute approximate surface area is 276 Å². The van der Waals surface area contributed by atoms with Gasteiger partial charge in [0.15, 0.2) is 4.80 Å². The van der Waals surface area contributed by atoms with Gasteiger partial charge in [-0.15, -0.1) is 0 Å². The third-order valence-corrected chi connectivity index (χ3v) is 9.42. The van der Waals surface area contributed by atoms with Crippen molar-refractivity contribution in [2.75, 3.05) is 20.2 Å². The summed E-state index contributed by atoms with van der Waals surface area (Å²) in [5.41, 5.74) is 3.76. The fourth-order valence-electron chi connectivity index (χ4n) is 6.01. The summed E-state index contributed by atoms with van der Waals surface area (Å²) >= 11 is 1.29. The maximum atomic E-state index is 14.4. The number of thiazole rings is 1. The highest BCUT2D eigenvalue weighted by Gasteiger charge is 2.36. The molecule has 1 amide bonds. The number of methoxy groups -OCH3 is 1. The second kappa shape index (κ2) is 13.5. The summed E-state index contributed by atoms with van der Waals surface area (Å²) in [6.45, 7) is 7.06. The Kier molecular flexibility index (Phi) is 9.05. The number of carbonyl (C=O) groups is 1. The number of benzene rings is 4. The third kappa shape index (κ3) is 5.96. The lowest BCUT2D eigenvalue weighted by atomic mass is 9.90. The number of carbonyl (C=O) groups excluding carboxylic acids is 1. The van der Waals surface area contributed by atoms with Gasteiger partial charge in [0.1, 0.15) is 24.1 Å². The van der Waals surface area contributed by atoms with E-state index >= 15 is 0 Å². The van der Waals surface area contributed by atoms with Crippen LogP contribution in [-0.4, -0.2) is 35.6 Å². The van der Waals surface area contributed by atoms with E-state index < -0.39 is 6.04 Å². The second-order valence-corrected chi connectivity index (χ2v) is 12.1. The highest BCUT2D eigenvalue weighted by molar-refractivity contribution is 7.07. The average molecular weight is 643 g/mol. The van der Waals surface area contributed by atoms with Crippen LogP contribution in [0.2, 0.25) is 0 Å². The van der Waals surface area contributed by atoms with E-state index in [1.165, 1.54) is 11.3 Å². The van der Waals surface area contributed by atoms with Crippen molar-refractivity contribution in [3.8, 4) is 17.6 Å². The molecule has 8 nitrogen and oxygen atoms in total. The molecule has 4 aromatic carbocycles. The first-order valence-electron chi connectivity index (χ1n) is 15.5. The summed E-state index contributed by atoms with van der Waals surface area (Å²) in [7, 11) is 1.61. The third-order valence-electron chi connectivity index (χ3n) is 8.44. The number of allylic oxidation sites excluding steroid dienone is 1. The van der Waals surface area contributed by atoms with E-state index in [9.17, 15) is 14.9 Å². The number of nitriles is 1. The summed E-state index contributed by atoms with van der Waals surface area (Å²) in [4.78, 5) is 35.6. The van der Waals surface area contributed by atoms with Crippen LogP contribution in [0.1, 0.15) is 49.1 Å². The van der Waals surface area contributed by atoms with Crippen molar-refractivity contribution in [3.63, 3.8) is 0 Å². The number of hydrogen-bond donors (Lipinski definition) is 0. The van der Waals surface area contributed by atoms with Crippen LogP contribution < -0.4 is 24.4 Å². The zero-order valence-corrected chi connectivity index (χ0v) is 27.5. The van der Waals surface area contributed by atoms with Crippen molar-refractivity contribution in [2.45, 2.75) is 33.4 Å². The van der Waals surface area contributed by atoms with Gasteiger partial charge in [0.2, 0.25) is 0 Å². The SMILES string of the molecule is CCN(CC)C(=O)C1=C(C)N=c2s/c(=C/c3ccc(OCc4ccccc4C#N)cc3)c(=O)n2[C@H]1c1c(OC)ccc2ccccc12. The lowest BCUT2D eigenvalue weighted by molar-refractivity contribution is -0.127. The number of rotatable bonds is 9. The molecule has 1 aliphatic rings. The van der Waals surface area contributed by atoms with Crippen molar-refractivity contribution in [3.05, 3.63) is 138 Å². The Morgan fingerprint density at radius 3 is 2.47 bits per heavy atom. The molecule has 0 spiro atoms. The molecule has 1 aliphatic heterocycles. The van der Waals surface area contributed by atoms with Gasteiger partial charge in [0, 0.05) is 24.2 Å². The van der Waals surface area contributed by atoms with Gasteiger partial charge >= 0.3 is 0 Å². The van der Waals surface area contributed by atoms with Crippen LogP contribution in [0.25, 0.3) is 16.8 Å². The molecular weight excluding hydrogens is 609 g/mol. The van der Waals surface area contributed by atoms with Gasteiger partial charge in [0.05, 0.1) is 34.5 Å². The van der Waals surface area contributed by atoms with Crippen LogP contribution in [-0.2, 0) is 11.4 Å². The first-order valence-corrected chi connectivity index (χ1v) is 16.3. The van der Waals surface area contributed by atoms with Crippen molar-refractivity contribution in [1.82, 2.24) is 9.47 Å². The minimum atomic E-state index is -0.741. The van der Waals surface area contributed by atoms with Gasteiger partial charge in [-0.2, -0.15) is 5.26 Å². The van der Waals surface area contributed by atoms with E-state index in [2.05, 4.69) is 6.07 Å². The molecule has 0 saturated heterocycles. The molecule has 236 valence electrons. The Morgan fingerprint density at radius 2 is 1.74 bits per heavy atom. The van der Waals surface area contributed by atoms with Crippen LogP contribution in [0.15, 0.2) is 106 Å². The highest BCUT2D eigenvalue weighted by atomic mass is 32.1. The Hall–Kier alpha value is -5.46. The molecule has 6 rings (SSSR count). The molecule has 9 heteroatoms. The van der Waals surface area contributed by atoms with Crippen molar-refractivity contribution in [1.29, 1.82) is 5.26 Å². The first kappa shape index (κ1) is 31.5. The van der Waals surface area contributed by atoms with Crippen molar-refractivity contribution < 1.29 is 14.3 Å². The van der Waals surface area contributed by atoms with Crippen LogP contribution in [0.5, 0.6) is 11.5 Å². The zero-order valence-electron chi connectivity index (χ0n) is 26.7. The van der Waals surface area contributed by atoms with Gasteiger partial charge in [-0.25, -0.2) is 4.99 Å². The molecule has 0 radical (unpaired) electrons. The Morgan fingerprint density at radius 1 is 1.02 bits per heavy atom. The highest BCUT2D eigenvalue weighted by Crippen LogP contribution is 2.40. The maximum absolute atomic E-state index is 14.4. The minimum absolute atomic E-state index is 0.154. The van der Waals surface area contributed by atoms with Crippen LogP contribution in [0, 0.1) is 11.3 Å². The van der Waals surface area contributed by atoms with E-state index in [4.69, 9.17) is 14.5 Å². The largest absolute Gasteiger partial charge is 0.496 e. The molecule has 0 saturated carbocycles. The number of nitrogens with zero attached hydrogens (tertiary/aromatic N) is 4. The van der Waals surface area contributed by atoms with Gasteiger partial charge in [0.25, 0.3) is 11.5 Å². The monoisotopic (exact) mass is 642 g/mol. The molecular formula is C38H34N4O4S. The number of likely N-dealkylation sites (N-methyl/N-ethyl adjacent to an activating group) is 1. The Bertz CT molecular complexity index is 2240. The van der Waals surface area contributed by atoms with E-state index in [0.29, 0.717) is 50.8 Å². The fourth-order valence-corrected chi connectivity index (χ4v) is 7.06. The van der Waals surface area contributed by atoms with Crippen molar-refractivity contribution in [2.24, 2.45) is 4.99 Å². The van der Waals surface area contributed by atoms with Crippen molar-refractivity contribution >= 4 is 34.1 Å². The molecule has 1 aromatic heterocycles. The molecule has 47 heavy (non-hydrogen) atoms. The van der Waals surface area contributed by atoms with Gasteiger partial charge in [-0.3, -0.25) is 14.2 Å². The van der Waals surface area contributed by atoms with E-state index in [-0.39, 0.29) is 18.1 Å². The summed E-state index contributed by atoms with van der Waals surface area (Å²) in [5.74, 6) is 1.09. The molecule has 2 heterocycles. The number of amides is 1. The fraction of sp³-hybridized carbons (Fsp3) is 0.211. The van der Waals surface area contributed by atoms with Crippen LogP contribution >= 0.6 is 11.3 Å². The lowest BCUT2D eigenvalue weighted by Gasteiger charge is -2.30. The summed E-state index contributed by atoms with van der Waals surface area (Å²) in [5, 5.41) is 11.2. The molecule has 0 bridgehead atoms. The minimum Gasteiger partial charge on any atom is -0.496 e. The summed E-state index contributed by atoms with van der Waals surface area (Å²) in [6, 6.07) is 28.1. The maximum Gasteiger partial charge on any atom is 0.271 e. The molecule has 5 aromatic rings. The lowest BCUT2D eigenvalue weighted by Crippen LogP contribution is -2.43. The number of ether oxygens (including phenoxy) is 2. The normalized spacial score (nSPS) is 14.4. The molecule has 0 unspecified atom stereocenters. The summed E-state index contributed by atoms with van der Waals surface area (Å²) < 4.78 is 14.0. The number of fused-ring (bicyclic) bond motifs is 2. The molecule has 0 N–H and O–H groups in total. The quantitative estimate of drug-likeness (QED) is 0.205. The topological polar surface area (TPSA) is 96.9 Å². The smallest absolute Gasteiger partial charge is 0.271 e. The number of hydrogen-bond acceptors (Lipinski definition) is 7. The molecule has 0 fully saturated rings. The van der Waals surface area contributed by atoms with E-state index in [1.807, 2.05) is 106 Å². The first-order chi connectivity index (χ1) is 22.9. The summed E-state index contributed by atoms with van der Waals surface area (Å²) in [6.07, 6.45) is 1.83. The van der Waals surface area contributed by atoms with Gasteiger partial charge < -0.3 is 14.4 Å². The van der Waals surface area contributed by atoms with Crippen LogP contribution in [0.4, 0.5) is 0 Å². The number of aromatic nitrogens is 1. The standard InChI is InChI=1S/C38H34N4O4S/c1-5-41(6-2)37(44)33-24(3)40-38-42(35(33)34-30-14-10-9-11-26(30)17-20-31(34)45-4)36(43)32(47-38)21-25-15-18-29(19-16-25)46-23-28-13-8-7-12-27(28)22-39/h7-21,35H,5-6,23H2,1-4H3/b32-21+/t35-/m1/s1. The van der Waals surface area contributed by atoms with Crippen LogP contribution in [0.3, 0.4) is 0 Å². The molecule has 0 aliphatic carbocycles. The molecule has 1 atom stereocenters. The van der Waals surface area contributed by atoms with E-state index in [1.54, 1.807) is 22.6 Å². The van der Waals surface area contributed by atoms with E-state index in [0.717, 1.165) is 27.5 Å². The predicted molar refractivity (Wildman–Crippen MR) is 184 cm³/mol. The predicted octanol–water partition coefficient (Wildman–Crippen LogP) is 5.72. The van der Waals surface area contributed by atoms with Gasteiger partial charge in [-0.1, -0.05) is 72.0 Å². The average Bonchev–Trinajstić information content (AvgIpc) is 3.40. The van der Waals surface area contributed by atoms with Gasteiger partial charge in [-0.05, 0) is 67.4 Å².